The van der Waals surface area contributed by atoms with E-state index in [-0.39, 0.29) is 5.91 Å². The van der Waals surface area contributed by atoms with Crippen molar-refractivity contribution in [2.75, 3.05) is 44.3 Å². The summed E-state index contributed by atoms with van der Waals surface area (Å²) in [6.07, 6.45) is 0. The first kappa shape index (κ1) is 17.5. The third kappa shape index (κ3) is 5.12. The highest BCUT2D eigenvalue weighted by atomic mass is 35.5. The molecule has 1 aromatic carbocycles. The van der Waals surface area contributed by atoms with E-state index in [0.29, 0.717) is 16.5 Å². The van der Waals surface area contributed by atoms with Crippen LogP contribution in [0.25, 0.3) is 0 Å². The SMILES string of the molecule is Cc1ccc(NC(=O)CSC(=S)N2CC[NH+](C)CC2)c(Cl)c1. The van der Waals surface area contributed by atoms with Crippen molar-refractivity contribution in [3.05, 3.63) is 28.8 Å². The number of piperazine rings is 1. The van der Waals surface area contributed by atoms with Gasteiger partial charge in [-0.3, -0.25) is 4.79 Å². The second-order valence-corrected chi connectivity index (χ2v) is 7.55. The largest absolute Gasteiger partial charge is 0.346 e. The van der Waals surface area contributed by atoms with Crippen LogP contribution in [-0.4, -0.2) is 54.1 Å². The number of halogens is 1. The molecule has 22 heavy (non-hydrogen) atoms. The minimum Gasteiger partial charge on any atom is -0.346 e. The quantitative estimate of drug-likeness (QED) is 0.802. The molecule has 0 aromatic heterocycles. The van der Waals surface area contributed by atoms with Crippen molar-refractivity contribution in [2.45, 2.75) is 6.92 Å². The molecular formula is C15H21ClN3OS2+. The Hall–Kier alpha value is -0.820. The van der Waals surface area contributed by atoms with Gasteiger partial charge in [-0.15, -0.1) is 0 Å². The van der Waals surface area contributed by atoms with E-state index in [9.17, 15) is 4.79 Å². The lowest BCUT2D eigenvalue weighted by atomic mass is 10.2. The van der Waals surface area contributed by atoms with E-state index in [1.54, 1.807) is 0 Å². The molecule has 0 saturated carbocycles. The standard InChI is InChI=1S/C15H20ClN3OS2/c1-11-3-4-13(12(16)9-11)17-14(20)10-22-15(21)19-7-5-18(2)6-8-19/h3-4,9H,5-8,10H2,1-2H3,(H,17,20)/p+1. The third-order valence-electron chi connectivity index (χ3n) is 3.60. The number of anilines is 1. The Morgan fingerprint density at radius 2 is 2.14 bits per heavy atom. The van der Waals surface area contributed by atoms with Crippen LogP contribution in [0.2, 0.25) is 5.02 Å². The van der Waals surface area contributed by atoms with Crippen molar-refractivity contribution in [3.8, 4) is 0 Å². The maximum absolute atomic E-state index is 12.0. The van der Waals surface area contributed by atoms with Crippen LogP contribution >= 0.6 is 35.6 Å². The Morgan fingerprint density at radius 1 is 1.45 bits per heavy atom. The number of thioether (sulfide) groups is 1. The predicted octanol–water partition coefficient (Wildman–Crippen LogP) is 1.44. The van der Waals surface area contributed by atoms with Crippen molar-refractivity contribution in [1.82, 2.24) is 4.90 Å². The summed E-state index contributed by atoms with van der Waals surface area (Å²) >= 11 is 12.9. The van der Waals surface area contributed by atoms with Crippen molar-refractivity contribution >= 4 is 51.5 Å². The lowest BCUT2D eigenvalue weighted by molar-refractivity contribution is -0.883. The normalized spacial score (nSPS) is 15.7. The molecule has 120 valence electrons. The smallest absolute Gasteiger partial charge is 0.234 e. The number of nitrogens with one attached hydrogen (secondary N) is 2. The monoisotopic (exact) mass is 358 g/mol. The molecule has 1 fully saturated rings. The maximum Gasteiger partial charge on any atom is 0.234 e. The zero-order chi connectivity index (χ0) is 16.1. The first-order chi connectivity index (χ1) is 10.5. The number of rotatable bonds is 3. The summed E-state index contributed by atoms with van der Waals surface area (Å²) in [6, 6.07) is 5.58. The molecule has 1 aliphatic rings. The summed E-state index contributed by atoms with van der Waals surface area (Å²) in [7, 11) is 2.19. The van der Waals surface area contributed by atoms with Gasteiger partial charge in [0.2, 0.25) is 5.91 Å². The molecule has 0 radical (unpaired) electrons. The lowest BCUT2D eigenvalue weighted by Crippen LogP contribution is -3.12. The van der Waals surface area contributed by atoms with Gasteiger partial charge in [-0.25, -0.2) is 0 Å². The van der Waals surface area contributed by atoms with Gasteiger partial charge in [-0.1, -0.05) is 41.6 Å². The van der Waals surface area contributed by atoms with Gasteiger partial charge < -0.3 is 15.1 Å². The minimum atomic E-state index is -0.0853. The molecule has 2 N–H and O–H groups in total. The first-order valence-corrected chi connectivity index (χ1v) is 9.02. The van der Waals surface area contributed by atoms with Gasteiger partial charge in [0.15, 0.2) is 0 Å². The molecule has 0 atom stereocenters. The maximum atomic E-state index is 12.0. The Kier molecular flexibility index (Phi) is 6.50. The number of carbonyl (C=O) groups is 1. The Morgan fingerprint density at radius 3 is 2.77 bits per heavy atom. The molecule has 0 aliphatic carbocycles. The van der Waals surface area contributed by atoms with Crippen molar-refractivity contribution in [3.63, 3.8) is 0 Å². The summed E-state index contributed by atoms with van der Waals surface area (Å²) in [5, 5.41) is 3.39. The number of likely N-dealkylation sites (N-methyl/N-ethyl adjacent to an activating group) is 1. The first-order valence-electron chi connectivity index (χ1n) is 7.24. The number of hydrogen-bond acceptors (Lipinski definition) is 3. The predicted molar refractivity (Wildman–Crippen MR) is 98.1 cm³/mol. The number of carbonyl (C=O) groups excluding carboxylic acids is 1. The number of thiocarbonyl (C=S) groups is 1. The number of hydrogen-bond donors (Lipinski definition) is 2. The van der Waals surface area contributed by atoms with Crippen LogP contribution in [0.1, 0.15) is 5.56 Å². The summed E-state index contributed by atoms with van der Waals surface area (Å²) in [5.74, 6) is 0.222. The summed E-state index contributed by atoms with van der Waals surface area (Å²) in [4.78, 5) is 15.7. The number of amides is 1. The fourth-order valence-corrected chi connectivity index (χ4v) is 3.53. The Bertz CT molecular complexity index is 560. The molecule has 1 saturated heterocycles. The molecule has 0 bridgehead atoms. The second kappa shape index (κ2) is 8.15. The van der Waals surface area contributed by atoms with Crippen LogP contribution in [0, 0.1) is 6.92 Å². The summed E-state index contributed by atoms with van der Waals surface area (Å²) in [5.41, 5.74) is 1.71. The molecule has 2 rings (SSSR count). The summed E-state index contributed by atoms with van der Waals surface area (Å²) in [6.45, 7) is 6.06. The Balaban J connectivity index is 1.79. The van der Waals surface area contributed by atoms with Gasteiger partial charge in [0.25, 0.3) is 0 Å². The minimum absolute atomic E-state index is 0.0853. The second-order valence-electron chi connectivity index (χ2n) is 5.53. The van der Waals surface area contributed by atoms with Crippen LogP contribution in [0.5, 0.6) is 0 Å². The van der Waals surface area contributed by atoms with Crippen LogP contribution in [-0.2, 0) is 4.79 Å². The van der Waals surface area contributed by atoms with Crippen LogP contribution in [0.3, 0.4) is 0 Å². The van der Waals surface area contributed by atoms with E-state index >= 15 is 0 Å². The van der Waals surface area contributed by atoms with Gasteiger partial charge in [0.1, 0.15) is 4.32 Å². The van der Waals surface area contributed by atoms with Crippen LogP contribution < -0.4 is 10.2 Å². The fraction of sp³-hybridized carbons (Fsp3) is 0.467. The molecule has 1 aromatic rings. The zero-order valence-electron chi connectivity index (χ0n) is 12.8. The van der Waals surface area contributed by atoms with Gasteiger partial charge in [-0.05, 0) is 24.6 Å². The highest BCUT2D eigenvalue weighted by Crippen LogP contribution is 2.23. The van der Waals surface area contributed by atoms with Crippen molar-refractivity contribution in [2.24, 2.45) is 0 Å². The van der Waals surface area contributed by atoms with E-state index in [1.807, 2.05) is 25.1 Å². The van der Waals surface area contributed by atoms with Crippen molar-refractivity contribution in [1.29, 1.82) is 0 Å². The van der Waals surface area contributed by atoms with Crippen LogP contribution in [0.4, 0.5) is 5.69 Å². The Labute approximate surface area is 146 Å². The molecule has 0 spiro atoms. The van der Waals surface area contributed by atoms with Gasteiger partial charge >= 0.3 is 0 Å². The van der Waals surface area contributed by atoms with E-state index in [4.69, 9.17) is 23.8 Å². The number of quaternary nitrogens is 1. The highest BCUT2D eigenvalue weighted by molar-refractivity contribution is 8.23. The van der Waals surface area contributed by atoms with E-state index < -0.39 is 0 Å². The molecule has 1 amide bonds. The third-order valence-corrected chi connectivity index (χ3v) is 5.44. The fourth-order valence-electron chi connectivity index (χ4n) is 2.20. The topological polar surface area (TPSA) is 36.8 Å². The lowest BCUT2D eigenvalue weighted by Gasteiger charge is -2.31. The molecule has 7 heteroatoms. The molecular weight excluding hydrogens is 338 g/mol. The molecule has 4 nitrogen and oxygen atoms in total. The van der Waals surface area contributed by atoms with E-state index in [0.717, 1.165) is 36.1 Å². The summed E-state index contributed by atoms with van der Waals surface area (Å²) < 4.78 is 0.803. The molecule has 1 aliphatic heterocycles. The average Bonchev–Trinajstić information content (AvgIpc) is 2.48. The highest BCUT2D eigenvalue weighted by Gasteiger charge is 2.19. The van der Waals surface area contributed by atoms with Crippen molar-refractivity contribution < 1.29 is 9.69 Å². The molecule has 1 heterocycles. The van der Waals surface area contributed by atoms with E-state index in [1.165, 1.54) is 16.7 Å². The van der Waals surface area contributed by atoms with Crippen LogP contribution in [0.15, 0.2) is 18.2 Å². The van der Waals surface area contributed by atoms with E-state index in [2.05, 4.69) is 17.3 Å². The average molecular weight is 359 g/mol. The number of nitrogens with zero attached hydrogens (tertiary/aromatic N) is 1. The zero-order valence-corrected chi connectivity index (χ0v) is 15.2. The number of aryl methyl sites for hydroxylation is 1. The van der Waals surface area contributed by atoms with Gasteiger partial charge in [-0.2, -0.15) is 0 Å². The molecule has 0 unspecified atom stereocenters. The number of benzene rings is 1. The van der Waals surface area contributed by atoms with Gasteiger partial charge in [0.05, 0.1) is 49.7 Å². The van der Waals surface area contributed by atoms with Gasteiger partial charge in [0, 0.05) is 0 Å².